The molecule has 3 aliphatic rings. The molecule has 0 spiro atoms. The lowest BCUT2D eigenvalue weighted by Gasteiger charge is -2.35. The first-order valence-electron chi connectivity index (χ1n) is 10.9. The second-order valence-corrected chi connectivity index (χ2v) is 9.31. The lowest BCUT2D eigenvalue weighted by molar-refractivity contribution is 0.183. The maximum Gasteiger partial charge on any atom is 0.0192 e. The van der Waals surface area contributed by atoms with Crippen molar-refractivity contribution in [3.05, 3.63) is 47.6 Å². The van der Waals surface area contributed by atoms with Crippen LogP contribution < -0.4 is 0 Å². The third-order valence-corrected chi connectivity index (χ3v) is 6.98. The zero-order chi connectivity index (χ0) is 18.5. The predicted molar refractivity (Wildman–Crippen MR) is 114 cm³/mol. The van der Waals surface area contributed by atoms with Gasteiger partial charge in [-0.25, -0.2) is 0 Å². The van der Waals surface area contributed by atoms with Gasteiger partial charge in [0.2, 0.25) is 0 Å². The number of rotatable bonds is 6. The summed E-state index contributed by atoms with van der Waals surface area (Å²) in [5.74, 6) is 2.35. The molecule has 0 aromatic carbocycles. The summed E-state index contributed by atoms with van der Waals surface area (Å²) in [5, 5.41) is 0. The van der Waals surface area contributed by atoms with E-state index in [9.17, 15) is 0 Å². The van der Waals surface area contributed by atoms with Gasteiger partial charge in [0, 0.05) is 13.1 Å². The minimum absolute atomic E-state index is 0.731. The third-order valence-electron chi connectivity index (χ3n) is 6.98. The fourth-order valence-electron chi connectivity index (χ4n) is 5.12. The molecule has 1 aliphatic heterocycles. The highest BCUT2D eigenvalue weighted by atomic mass is 15.1. The van der Waals surface area contributed by atoms with Crippen molar-refractivity contribution < 1.29 is 0 Å². The largest absolute Gasteiger partial charge is 0.299 e. The Kier molecular flexibility index (Phi) is 6.98. The highest BCUT2D eigenvalue weighted by Gasteiger charge is 2.24. The van der Waals surface area contributed by atoms with Gasteiger partial charge in [-0.1, -0.05) is 47.6 Å². The zero-order valence-electron chi connectivity index (χ0n) is 17.2. The van der Waals surface area contributed by atoms with Crippen molar-refractivity contribution in [3.63, 3.8) is 0 Å². The standard InChI is InChI=1S/C25H39N/c1-19(2)24-11-7-21(8-12-24)16-23-6-5-15-26(18-23)17-22-9-13-25(14-10-22)20(3)4/h7,9,23-25H,1,3,5-6,8,10-18H2,2,4H3/t23?,24-,25-/m1/s1. The SMILES string of the molecule is C=C(C)[C@@H]1CC=C(CC2CCCN(CC3=CC[C@@H](C(=C)C)CC3)C2)CC1. The molecule has 1 heteroatoms. The van der Waals surface area contributed by atoms with Crippen molar-refractivity contribution in [3.8, 4) is 0 Å². The van der Waals surface area contributed by atoms with Crippen LogP contribution in [0.2, 0.25) is 0 Å². The van der Waals surface area contributed by atoms with Crippen LogP contribution in [0.5, 0.6) is 0 Å². The van der Waals surface area contributed by atoms with Crippen molar-refractivity contribution in [2.75, 3.05) is 19.6 Å². The summed E-state index contributed by atoms with van der Waals surface area (Å²) < 4.78 is 0. The van der Waals surface area contributed by atoms with Gasteiger partial charge in [0.25, 0.3) is 0 Å². The topological polar surface area (TPSA) is 3.24 Å². The van der Waals surface area contributed by atoms with Gasteiger partial charge < -0.3 is 0 Å². The van der Waals surface area contributed by atoms with Crippen LogP contribution in [0.1, 0.15) is 71.6 Å². The molecule has 3 rings (SSSR count). The maximum atomic E-state index is 4.15. The second-order valence-electron chi connectivity index (χ2n) is 9.31. The average Bonchev–Trinajstić information content (AvgIpc) is 2.63. The van der Waals surface area contributed by atoms with Gasteiger partial charge in [-0.3, -0.25) is 4.90 Å². The van der Waals surface area contributed by atoms with E-state index >= 15 is 0 Å². The average molecular weight is 354 g/mol. The van der Waals surface area contributed by atoms with Gasteiger partial charge in [-0.05, 0) is 95.9 Å². The van der Waals surface area contributed by atoms with Crippen molar-refractivity contribution in [2.45, 2.75) is 71.6 Å². The molecule has 0 radical (unpaired) electrons. The van der Waals surface area contributed by atoms with Crippen molar-refractivity contribution in [2.24, 2.45) is 17.8 Å². The quantitative estimate of drug-likeness (QED) is 0.481. The van der Waals surface area contributed by atoms with Crippen LogP contribution in [0.3, 0.4) is 0 Å². The molecule has 2 aliphatic carbocycles. The molecule has 0 aromatic heterocycles. The summed E-state index contributed by atoms with van der Waals surface area (Å²) >= 11 is 0. The van der Waals surface area contributed by atoms with Crippen LogP contribution in [0.15, 0.2) is 47.6 Å². The Morgan fingerprint density at radius 1 is 0.962 bits per heavy atom. The second kappa shape index (κ2) is 9.22. The van der Waals surface area contributed by atoms with Crippen LogP contribution in [0.4, 0.5) is 0 Å². The molecular formula is C25H39N. The molecule has 144 valence electrons. The summed E-state index contributed by atoms with van der Waals surface area (Å²) in [4.78, 5) is 2.74. The molecule has 26 heavy (non-hydrogen) atoms. The molecular weight excluding hydrogens is 314 g/mol. The molecule has 0 amide bonds. The number of piperidine rings is 1. The van der Waals surface area contributed by atoms with E-state index < -0.39 is 0 Å². The van der Waals surface area contributed by atoms with E-state index in [2.05, 4.69) is 44.1 Å². The van der Waals surface area contributed by atoms with Crippen molar-refractivity contribution in [1.29, 1.82) is 0 Å². The van der Waals surface area contributed by atoms with Gasteiger partial charge in [0.15, 0.2) is 0 Å². The Labute approximate surface area is 161 Å². The third kappa shape index (κ3) is 5.46. The van der Waals surface area contributed by atoms with E-state index in [1.807, 2.05) is 0 Å². The van der Waals surface area contributed by atoms with E-state index in [1.165, 1.54) is 88.6 Å². The smallest absolute Gasteiger partial charge is 0.0192 e. The summed E-state index contributed by atoms with van der Waals surface area (Å²) in [7, 11) is 0. The predicted octanol–water partition coefficient (Wildman–Crippen LogP) is 6.69. The number of hydrogen-bond acceptors (Lipinski definition) is 1. The number of likely N-dealkylation sites (tertiary alicyclic amines) is 1. The lowest BCUT2D eigenvalue weighted by atomic mass is 9.81. The van der Waals surface area contributed by atoms with Gasteiger partial charge in [0.05, 0.1) is 0 Å². The van der Waals surface area contributed by atoms with Crippen LogP contribution in [0.25, 0.3) is 0 Å². The Bertz CT molecular complexity index is 529. The monoisotopic (exact) mass is 353 g/mol. The number of hydrogen-bond donors (Lipinski definition) is 0. The number of allylic oxidation sites excluding steroid dienone is 5. The normalized spacial score (nSPS) is 30.5. The van der Waals surface area contributed by atoms with E-state index in [0.717, 1.165) is 17.8 Å². The molecule has 1 unspecified atom stereocenters. The molecule has 0 aromatic rings. The highest BCUT2D eigenvalue weighted by molar-refractivity contribution is 5.15. The molecule has 1 nitrogen and oxygen atoms in total. The summed E-state index contributed by atoms with van der Waals surface area (Å²) in [6, 6.07) is 0. The fraction of sp³-hybridized carbons (Fsp3) is 0.680. The summed E-state index contributed by atoms with van der Waals surface area (Å²) in [5.41, 5.74) is 6.16. The van der Waals surface area contributed by atoms with E-state index in [1.54, 1.807) is 11.1 Å². The number of nitrogens with zero attached hydrogens (tertiary/aromatic N) is 1. The highest BCUT2D eigenvalue weighted by Crippen LogP contribution is 2.34. The molecule has 0 N–H and O–H groups in total. The van der Waals surface area contributed by atoms with Gasteiger partial charge in [0.1, 0.15) is 0 Å². The first-order valence-corrected chi connectivity index (χ1v) is 10.9. The van der Waals surface area contributed by atoms with Crippen molar-refractivity contribution >= 4 is 0 Å². The molecule has 1 saturated heterocycles. The summed E-state index contributed by atoms with van der Waals surface area (Å²) in [6.07, 6.45) is 16.9. The minimum Gasteiger partial charge on any atom is -0.299 e. The Morgan fingerprint density at radius 3 is 2.12 bits per heavy atom. The first kappa shape index (κ1) is 19.7. The van der Waals surface area contributed by atoms with Crippen LogP contribution >= 0.6 is 0 Å². The van der Waals surface area contributed by atoms with Crippen LogP contribution in [-0.2, 0) is 0 Å². The van der Waals surface area contributed by atoms with Gasteiger partial charge >= 0.3 is 0 Å². The Morgan fingerprint density at radius 2 is 1.58 bits per heavy atom. The van der Waals surface area contributed by atoms with Crippen LogP contribution in [0, 0.1) is 17.8 Å². The van der Waals surface area contributed by atoms with Gasteiger partial charge in [-0.15, -0.1) is 0 Å². The zero-order valence-corrected chi connectivity index (χ0v) is 17.2. The van der Waals surface area contributed by atoms with Crippen molar-refractivity contribution in [1.82, 2.24) is 4.90 Å². The Balaban J connectivity index is 1.46. The fourth-order valence-corrected chi connectivity index (χ4v) is 5.12. The maximum absolute atomic E-state index is 4.15. The molecule has 1 heterocycles. The molecule has 3 atom stereocenters. The summed E-state index contributed by atoms with van der Waals surface area (Å²) in [6.45, 7) is 16.5. The van der Waals surface area contributed by atoms with Gasteiger partial charge in [-0.2, -0.15) is 0 Å². The first-order chi connectivity index (χ1) is 12.5. The minimum atomic E-state index is 0.731. The lowest BCUT2D eigenvalue weighted by Crippen LogP contribution is -2.37. The molecule has 0 bridgehead atoms. The van der Waals surface area contributed by atoms with E-state index in [-0.39, 0.29) is 0 Å². The molecule has 0 saturated carbocycles. The Hall–Kier alpha value is -1.08. The van der Waals surface area contributed by atoms with E-state index in [4.69, 9.17) is 0 Å². The van der Waals surface area contributed by atoms with Crippen LogP contribution in [-0.4, -0.2) is 24.5 Å². The molecule has 1 fully saturated rings. The van der Waals surface area contributed by atoms with E-state index in [0.29, 0.717) is 0 Å².